The van der Waals surface area contributed by atoms with E-state index >= 15 is 0 Å². The van der Waals surface area contributed by atoms with Crippen molar-refractivity contribution in [3.8, 4) is 0 Å². The van der Waals surface area contributed by atoms with Crippen LogP contribution >= 0.6 is 11.6 Å². The lowest BCUT2D eigenvalue weighted by molar-refractivity contribution is 0.476. The summed E-state index contributed by atoms with van der Waals surface area (Å²) < 4.78 is 27.4. The minimum Gasteiger partial charge on any atom is -0.313 e. The smallest absolute Gasteiger partial charge is 0.242 e. The lowest BCUT2D eigenvalue weighted by Gasteiger charge is -2.18. The Morgan fingerprint density at radius 3 is 2.45 bits per heavy atom. The Morgan fingerprint density at radius 1 is 1.25 bits per heavy atom. The molecule has 0 saturated carbocycles. The number of sulfonamides is 1. The maximum atomic E-state index is 12.4. The Morgan fingerprint density at radius 2 is 1.90 bits per heavy atom. The van der Waals surface area contributed by atoms with Gasteiger partial charge in [-0.15, -0.1) is 0 Å². The molecule has 114 valence electrons. The largest absolute Gasteiger partial charge is 0.313 e. The van der Waals surface area contributed by atoms with E-state index in [0.29, 0.717) is 6.54 Å². The average molecular weight is 319 g/mol. The number of hydrogen-bond acceptors (Lipinski definition) is 3. The molecule has 0 amide bonds. The van der Waals surface area contributed by atoms with Crippen LogP contribution in [0, 0.1) is 5.92 Å². The summed E-state index contributed by atoms with van der Waals surface area (Å²) in [5, 5.41) is 3.41. The first-order valence-electron chi connectivity index (χ1n) is 6.79. The number of hydrogen-bond donors (Lipinski definition) is 2. The highest BCUT2D eigenvalue weighted by Crippen LogP contribution is 2.23. The molecule has 1 rings (SSSR count). The lowest BCUT2D eigenvalue weighted by atomic mass is 10.1. The van der Waals surface area contributed by atoms with Crippen molar-refractivity contribution < 1.29 is 8.42 Å². The second-order valence-electron chi connectivity index (χ2n) is 5.20. The van der Waals surface area contributed by atoms with Crippen LogP contribution in [0.2, 0.25) is 5.02 Å². The molecule has 0 aliphatic heterocycles. The third-order valence-corrected chi connectivity index (χ3v) is 5.25. The lowest BCUT2D eigenvalue weighted by Crippen LogP contribution is -2.36. The topological polar surface area (TPSA) is 58.2 Å². The molecule has 1 atom stereocenters. The Labute approximate surface area is 127 Å². The van der Waals surface area contributed by atoms with Gasteiger partial charge in [-0.2, -0.15) is 0 Å². The molecule has 0 fully saturated rings. The van der Waals surface area contributed by atoms with E-state index in [2.05, 4.69) is 10.0 Å². The fraction of sp³-hybridized carbons (Fsp3) is 0.571. The predicted molar refractivity (Wildman–Crippen MR) is 83.5 cm³/mol. The number of benzene rings is 1. The third-order valence-electron chi connectivity index (χ3n) is 3.21. The van der Waals surface area contributed by atoms with Gasteiger partial charge in [0.2, 0.25) is 10.0 Å². The molecule has 1 aromatic rings. The van der Waals surface area contributed by atoms with E-state index in [1.165, 1.54) is 0 Å². The van der Waals surface area contributed by atoms with Gasteiger partial charge in [0, 0.05) is 12.6 Å². The van der Waals surface area contributed by atoms with Crippen LogP contribution in [0.4, 0.5) is 0 Å². The zero-order valence-electron chi connectivity index (χ0n) is 12.4. The van der Waals surface area contributed by atoms with Gasteiger partial charge >= 0.3 is 0 Å². The molecule has 20 heavy (non-hydrogen) atoms. The molecule has 0 heterocycles. The van der Waals surface area contributed by atoms with Crippen molar-refractivity contribution in [3.05, 3.63) is 28.8 Å². The van der Waals surface area contributed by atoms with Gasteiger partial charge in [0.15, 0.2) is 0 Å². The summed E-state index contributed by atoms with van der Waals surface area (Å²) in [4.78, 5) is 0.141. The number of rotatable bonds is 7. The molecule has 1 aromatic carbocycles. The van der Waals surface area contributed by atoms with Crippen LogP contribution in [-0.2, 0) is 16.6 Å². The van der Waals surface area contributed by atoms with Gasteiger partial charge in [0.1, 0.15) is 4.90 Å². The summed E-state index contributed by atoms with van der Waals surface area (Å²) in [5.41, 5.74) is 0.897. The van der Waals surface area contributed by atoms with E-state index in [4.69, 9.17) is 11.6 Å². The fourth-order valence-corrected chi connectivity index (χ4v) is 3.52. The van der Waals surface area contributed by atoms with E-state index < -0.39 is 10.0 Å². The molecule has 0 spiro atoms. The maximum Gasteiger partial charge on any atom is 0.242 e. The van der Waals surface area contributed by atoms with Crippen LogP contribution in [0.15, 0.2) is 23.1 Å². The quantitative estimate of drug-likeness (QED) is 0.812. The SMILES string of the molecule is CCNCc1ccc(Cl)c(S(=O)(=O)NC(C)C(C)C)c1. The first-order valence-corrected chi connectivity index (χ1v) is 8.65. The van der Waals surface area contributed by atoms with Crippen LogP contribution in [0.25, 0.3) is 0 Å². The van der Waals surface area contributed by atoms with Crippen LogP contribution in [0.3, 0.4) is 0 Å². The van der Waals surface area contributed by atoms with Crippen LogP contribution in [0.5, 0.6) is 0 Å². The predicted octanol–water partition coefficient (Wildman–Crippen LogP) is 2.77. The second-order valence-corrected chi connectivity index (χ2v) is 7.29. The zero-order chi connectivity index (χ0) is 15.3. The Hall–Kier alpha value is -0.620. The van der Waals surface area contributed by atoms with E-state index in [1.54, 1.807) is 12.1 Å². The molecule has 0 aliphatic rings. The maximum absolute atomic E-state index is 12.4. The molecule has 0 saturated heterocycles. The molecule has 4 nitrogen and oxygen atoms in total. The van der Waals surface area contributed by atoms with Gasteiger partial charge in [-0.1, -0.05) is 38.4 Å². The molecular formula is C14H23ClN2O2S. The van der Waals surface area contributed by atoms with Crippen molar-refractivity contribution in [2.45, 2.75) is 45.2 Å². The molecule has 2 N–H and O–H groups in total. The molecule has 0 bridgehead atoms. The molecule has 0 aromatic heterocycles. The molecule has 1 unspecified atom stereocenters. The summed E-state index contributed by atoms with van der Waals surface area (Å²) in [6, 6.07) is 4.94. The Balaban J connectivity index is 3.04. The van der Waals surface area contributed by atoms with Crippen molar-refractivity contribution in [2.24, 2.45) is 5.92 Å². The van der Waals surface area contributed by atoms with E-state index in [-0.39, 0.29) is 21.9 Å². The number of nitrogens with one attached hydrogen (secondary N) is 2. The summed E-state index contributed by atoms with van der Waals surface area (Å²) in [6.07, 6.45) is 0. The first kappa shape index (κ1) is 17.4. The Bertz CT molecular complexity index is 544. The highest BCUT2D eigenvalue weighted by Gasteiger charge is 2.22. The van der Waals surface area contributed by atoms with Gasteiger partial charge in [0.25, 0.3) is 0 Å². The zero-order valence-corrected chi connectivity index (χ0v) is 14.0. The standard InChI is InChI=1S/C14H23ClN2O2S/c1-5-16-9-12-6-7-13(15)14(8-12)20(18,19)17-11(4)10(2)3/h6-8,10-11,16-17H,5,9H2,1-4H3. The van der Waals surface area contributed by atoms with Crippen LogP contribution < -0.4 is 10.0 Å². The van der Waals surface area contributed by atoms with E-state index in [9.17, 15) is 8.42 Å². The summed E-state index contributed by atoms with van der Waals surface area (Å²) in [5.74, 6) is 0.216. The molecular weight excluding hydrogens is 296 g/mol. The summed E-state index contributed by atoms with van der Waals surface area (Å²) in [7, 11) is -3.59. The van der Waals surface area contributed by atoms with Crippen molar-refractivity contribution in [1.29, 1.82) is 0 Å². The van der Waals surface area contributed by atoms with Crippen molar-refractivity contribution in [3.63, 3.8) is 0 Å². The molecule has 0 aliphatic carbocycles. The van der Waals surface area contributed by atoms with Gasteiger partial charge in [-0.3, -0.25) is 0 Å². The van der Waals surface area contributed by atoms with Gasteiger partial charge in [-0.25, -0.2) is 13.1 Å². The molecule has 0 radical (unpaired) electrons. The monoisotopic (exact) mass is 318 g/mol. The van der Waals surface area contributed by atoms with Gasteiger partial charge < -0.3 is 5.32 Å². The third kappa shape index (κ3) is 4.74. The second kappa shape index (κ2) is 7.41. The first-order chi connectivity index (χ1) is 9.27. The van der Waals surface area contributed by atoms with Crippen molar-refractivity contribution >= 4 is 21.6 Å². The summed E-state index contributed by atoms with van der Waals surface area (Å²) >= 11 is 6.04. The fourth-order valence-electron chi connectivity index (χ4n) is 1.58. The van der Waals surface area contributed by atoms with E-state index in [0.717, 1.165) is 12.1 Å². The minimum absolute atomic E-state index is 0.141. The highest BCUT2D eigenvalue weighted by atomic mass is 35.5. The van der Waals surface area contributed by atoms with Crippen molar-refractivity contribution in [1.82, 2.24) is 10.0 Å². The van der Waals surface area contributed by atoms with Crippen LogP contribution in [-0.4, -0.2) is 21.0 Å². The van der Waals surface area contributed by atoms with E-state index in [1.807, 2.05) is 33.8 Å². The average Bonchev–Trinajstić information content (AvgIpc) is 2.36. The molecule has 6 heteroatoms. The van der Waals surface area contributed by atoms with Gasteiger partial charge in [-0.05, 0) is 37.1 Å². The highest BCUT2D eigenvalue weighted by molar-refractivity contribution is 7.89. The summed E-state index contributed by atoms with van der Waals surface area (Å²) in [6.45, 7) is 9.23. The Kier molecular flexibility index (Phi) is 6.45. The number of halogens is 1. The van der Waals surface area contributed by atoms with Crippen LogP contribution in [0.1, 0.15) is 33.3 Å². The normalized spacial score (nSPS) is 13.7. The minimum atomic E-state index is -3.59. The van der Waals surface area contributed by atoms with Crippen molar-refractivity contribution in [2.75, 3.05) is 6.54 Å². The van der Waals surface area contributed by atoms with Gasteiger partial charge in [0.05, 0.1) is 5.02 Å².